The molecule has 0 spiro atoms. The van der Waals surface area contributed by atoms with Crippen LogP contribution in [0.2, 0.25) is 0 Å². The predicted octanol–water partition coefficient (Wildman–Crippen LogP) is 2.35. The molecule has 0 aromatic heterocycles. The van der Waals surface area contributed by atoms with E-state index < -0.39 is 12.0 Å². The molecule has 120 valence electrons. The molecule has 1 N–H and O–H groups in total. The molecule has 0 saturated heterocycles. The number of Topliss-reactive ketones (excluding diaryl/α,β-unsaturated/α-hetero) is 1. The van der Waals surface area contributed by atoms with Gasteiger partial charge in [-0.25, -0.2) is 4.79 Å². The van der Waals surface area contributed by atoms with Gasteiger partial charge in [0, 0.05) is 17.9 Å². The Balaban J connectivity index is 2.51. The molecule has 0 fully saturated rings. The van der Waals surface area contributed by atoms with Crippen LogP contribution in [-0.4, -0.2) is 30.8 Å². The van der Waals surface area contributed by atoms with Gasteiger partial charge in [-0.3, -0.25) is 9.59 Å². The van der Waals surface area contributed by atoms with E-state index in [9.17, 15) is 14.4 Å². The van der Waals surface area contributed by atoms with Crippen molar-refractivity contribution in [2.45, 2.75) is 39.2 Å². The molecule has 0 aliphatic heterocycles. The molecule has 0 aliphatic rings. The molecule has 0 saturated carbocycles. The third-order valence-electron chi connectivity index (χ3n) is 3.32. The molecule has 1 aromatic carbocycles. The molecule has 22 heavy (non-hydrogen) atoms. The second-order valence-electron chi connectivity index (χ2n) is 5.42. The fraction of sp³-hybridized carbons (Fsp3) is 0.471. The lowest BCUT2D eigenvalue weighted by atomic mass is 10.0. The van der Waals surface area contributed by atoms with Gasteiger partial charge in [0.2, 0.25) is 5.91 Å². The van der Waals surface area contributed by atoms with Crippen LogP contribution in [0, 0.1) is 5.92 Å². The van der Waals surface area contributed by atoms with Crippen molar-refractivity contribution < 1.29 is 19.1 Å². The van der Waals surface area contributed by atoms with Crippen LogP contribution in [-0.2, 0) is 14.3 Å². The van der Waals surface area contributed by atoms with Crippen molar-refractivity contribution in [1.82, 2.24) is 5.32 Å². The molecule has 0 radical (unpaired) electrons. The maximum absolute atomic E-state index is 12.0. The molecule has 1 aromatic rings. The third kappa shape index (κ3) is 5.68. The van der Waals surface area contributed by atoms with E-state index in [4.69, 9.17) is 4.74 Å². The van der Waals surface area contributed by atoms with Crippen molar-refractivity contribution >= 4 is 17.7 Å². The zero-order valence-corrected chi connectivity index (χ0v) is 13.3. The van der Waals surface area contributed by atoms with Crippen LogP contribution in [0.25, 0.3) is 0 Å². The number of carbonyl (C=O) groups is 3. The Morgan fingerprint density at radius 1 is 1.14 bits per heavy atom. The van der Waals surface area contributed by atoms with Gasteiger partial charge in [0.05, 0.1) is 7.11 Å². The molecule has 0 unspecified atom stereocenters. The zero-order chi connectivity index (χ0) is 16.5. The van der Waals surface area contributed by atoms with E-state index in [2.05, 4.69) is 5.32 Å². The first-order valence-corrected chi connectivity index (χ1v) is 7.42. The maximum atomic E-state index is 12.0. The standard InChI is InChI=1S/C17H23NO4/c1-12(2)16(20)18-14(17(21)22-3)10-7-11-15(19)13-8-5-4-6-9-13/h4-6,8-9,12,14H,7,10-11H2,1-3H3,(H,18,20)/t14-/m0/s1. The van der Waals surface area contributed by atoms with Crippen LogP contribution in [0.1, 0.15) is 43.5 Å². The lowest BCUT2D eigenvalue weighted by Crippen LogP contribution is -2.43. The van der Waals surface area contributed by atoms with Gasteiger partial charge in [0.1, 0.15) is 6.04 Å². The van der Waals surface area contributed by atoms with Crippen molar-refractivity contribution in [3.63, 3.8) is 0 Å². The normalized spacial score (nSPS) is 11.8. The van der Waals surface area contributed by atoms with Crippen LogP contribution in [0.15, 0.2) is 30.3 Å². The quantitative estimate of drug-likeness (QED) is 0.591. The lowest BCUT2D eigenvalue weighted by Gasteiger charge is -2.17. The summed E-state index contributed by atoms with van der Waals surface area (Å²) < 4.78 is 4.70. The number of hydrogen-bond donors (Lipinski definition) is 1. The molecule has 1 amide bonds. The van der Waals surface area contributed by atoms with Crippen LogP contribution in [0.3, 0.4) is 0 Å². The average Bonchev–Trinajstić information content (AvgIpc) is 2.53. The zero-order valence-electron chi connectivity index (χ0n) is 13.3. The van der Waals surface area contributed by atoms with Crippen molar-refractivity contribution in [1.29, 1.82) is 0 Å². The van der Waals surface area contributed by atoms with Crippen molar-refractivity contribution in [3.8, 4) is 0 Å². The van der Waals surface area contributed by atoms with Gasteiger partial charge in [-0.15, -0.1) is 0 Å². The Hall–Kier alpha value is -2.17. The number of nitrogens with one attached hydrogen (secondary N) is 1. The van der Waals surface area contributed by atoms with E-state index in [0.717, 1.165) is 0 Å². The van der Waals surface area contributed by atoms with E-state index in [-0.39, 0.29) is 17.6 Å². The second-order valence-corrected chi connectivity index (χ2v) is 5.42. The second kappa shape index (κ2) is 8.97. The number of benzene rings is 1. The summed E-state index contributed by atoms with van der Waals surface area (Å²) in [6, 6.07) is 8.30. The Labute approximate surface area is 131 Å². The van der Waals surface area contributed by atoms with Gasteiger partial charge in [0.15, 0.2) is 5.78 Å². The number of ether oxygens (including phenoxy) is 1. The Morgan fingerprint density at radius 3 is 2.32 bits per heavy atom. The lowest BCUT2D eigenvalue weighted by molar-refractivity contribution is -0.145. The number of methoxy groups -OCH3 is 1. The SMILES string of the molecule is COC(=O)[C@H](CCCC(=O)c1ccccc1)NC(=O)C(C)C. The molecule has 5 heteroatoms. The van der Waals surface area contributed by atoms with E-state index in [1.807, 2.05) is 18.2 Å². The summed E-state index contributed by atoms with van der Waals surface area (Å²) in [4.78, 5) is 35.4. The summed E-state index contributed by atoms with van der Waals surface area (Å²) in [7, 11) is 1.28. The molecule has 1 rings (SSSR count). The van der Waals surface area contributed by atoms with Gasteiger partial charge >= 0.3 is 5.97 Å². The first-order chi connectivity index (χ1) is 10.5. The monoisotopic (exact) mass is 305 g/mol. The average molecular weight is 305 g/mol. The summed E-state index contributed by atoms with van der Waals surface area (Å²) in [6.45, 7) is 3.51. The minimum atomic E-state index is -0.705. The van der Waals surface area contributed by atoms with E-state index >= 15 is 0 Å². The summed E-state index contributed by atoms with van der Waals surface area (Å²) in [6.07, 6.45) is 1.21. The highest BCUT2D eigenvalue weighted by atomic mass is 16.5. The first-order valence-electron chi connectivity index (χ1n) is 7.42. The predicted molar refractivity (Wildman–Crippen MR) is 83.4 cm³/mol. The molecule has 0 aliphatic carbocycles. The number of rotatable bonds is 8. The number of hydrogen-bond acceptors (Lipinski definition) is 4. The topological polar surface area (TPSA) is 72.5 Å². The largest absolute Gasteiger partial charge is 0.467 e. The van der Waals surface area contributed by atoms with E-state index in [0.29, 0.717) is 24.8 Å². The number of ketones is 1. The van der Waals surface area contributed by atoms with Gasteiger partial charge in [-0.05, 0) is 12.8 Å². The van der Waals surface area contributed by atoms with Gasteiger partial charge in [-0.2, -0.15) is 0 Å². The summed E-state index contributed by atoms with van der Waals surface area (Å²) in [5.74, 6) is -0.872. The number of amides is 1. The number of carbonyl (C=O) groups excluding carboxylic acids is 3. The van der Waals surface area contributed by atoms with Crippen LogP contribution >= 0.6 is 0 Å². The highest BCUT2D eigenvalue weighted by molar-refractivity contribution is 5.96. The minimum Gasteiger partial charge on any atom is -0.467 e. The molecule has 5 nitrogen and oxygen atoms in total. The molecular formula is C17H23NO4. The Bertz CT molecular complexity index is 511. The first kappa shape index (κ1) is 17.9. The van der Waals surface area contributed by atoms with Crippen molar-refractivity contribution in [2.75, 3.05) is 7.11 Å². The van der Waals surface area contributed by atoms with E-state index in [1.54, 1.807) is 26.0 Å². The molecule has 0 heterocycles. The van der Waals surface area contributed by atoms with Crippen LogP contribution in [0.4, 0.5) is 0 Å². The summed E-state index contributed by atoms with van der Waals surface area (Å²) >= 11 is 0. The van der Waals surface area contributed by atoms with E-state index in [1.165, 1.54) is 7.11 Å². The van der Waals surface area contributed by atoms with Crippen LogP contribution < -0.4 is 5.32 Å². The number of esters is 1. The minimum absolute atomic E-state index is 0.0272. The van der Waals surface area contributed by atoms with Gasteiger partial charge < -0.3 is 10.1 Å². The Kier molecular flexibility index (Phi) is 7.29. The Morgan fingerprint density at radius 2 is 1.77 bits per heavy atom. The molecule has 0 bridgehead atoms. The smallest absolute Gasteiger partial charge is 0.328 e. The maximum Gasteiger partial charge on any atom is 0.328 e. The summed E-state index contributed by atoms with van der Waals surface area (Å²) in [5, 5.41) is 2.66. The van der Waals surface area contributed by atoms with Gasteiger partial charge in [-0.1, -0.05) is 44.2 Å². The van der Waals surface area contributed by atoms with Gasteiger partial charge in [0.25, 0.3) is 0 Å². The molecular weight excluding hydrogens is 282 g/mol. The van der Waals surface area contributed by atoms with Crippen LogP contribution in [0.5, 0.6) is 0 Å². The van der Waals surface area contributed by atoms with Crippen molar-refractivity contribution in [3.05, 3.63) is 35.9 Å². The van der Waals surface area contributed by atoms with Crippen molar-refractivity contribution in [2.24, 2.45) is 5.92 Å². The summed E-state index contributed by atoms with van der Waals surface area (Å²) in [5.41, 5.74) is 0.656. The fourth-order valence-corrected chi connectivity index (χ4v) is 1.96. The highest BCUT2D eigenvalue weighted by Gasteiger charge is 2.22. The highest BCUT2D eigenvalue weighted by Crippen LogP contribution is 2.09. The molecule has 1 atom stereocenters. The fourth-order valence-electron chi connectivity index (χ4n) is 1.96. The third-order valence-corrected chi connectivity index (χ3v) is 3.32.